The van der Waals surface area contributed by atoms with Gasteiger partial charge < -0.3 is 10.1 Å². The van der Waals surface area contributed by atoms with E-state index in [2.05, 4.69) is 11.4 Å². The van der Waals surface area contributed by atoms with Gasteiger partial charge in [0.05, 0.1) is 16.2 Å². The number of nitro groups is 1. The fourth-order valence-corrected chi connectivity index (χ4v) is 5.31. The number of carbonyl (C=O) groups is 2. The number of thiophene rings is 1. The van der Waals surface area contributed by atoms with Gasteiger partial charge in [0.1, 0.15) is 23.4 Å². The van der Waals surface area contributed by atoms with Crippen LogP contribution in [0, 0.1) is 27.4 Å². The van der Waals surface area contributed by atoms with Gasteiger partial charge in [0.15, 0.2) is 6.10 Å². The third-order valence-electron chi connectivity index (χ3n) is 5.65. The number of nitriles is 1. The van der Waals surface area contributed by atoms with Crippen LogP contribution in [-0.4, -0.2) is 29.4 Å². The zero-order valence-electron chi connectivity index (χ0n) is 17.7. The van der Waals surface area contributed by atoms with Crippen molar-refractivity contribution in [1.82, 2.24) is 0 Å². The largest absolute Gasteiger partial charge is 0.478 e. The molecule has 2 aliphatic rings. The first-order valence-corrected chi connectivity index (χ1v) is 11.2. The number of carbonyl (C=O) groups excluding carboxylic acids is 2. The number of rotatable bonds is 5. The van der Waals surface area contributed by atoms with Crippen LogP contribution < -0.4 is 15.0 Å². The van der Waals surface area contributed by atoms with Gasteiger partial charge in [0, 0.05) is 17.0 Å². The number of non-ortho nitro benzene ring substituents is 1. The molecule has 2 aromatic rings. The lowest BCUT2D eigenvalue weighted by atomic mass is 9.96. The smallest absolute Gasteiger partial charge is 0.271 e. The number of amides is 2. The van der Waals surface area contributed by atoms with E-state index >= 15 is 0 Å². The van der Waals surface area contributed by atoms with Gasteiger partial charge in [0.2, 0.25) is 5.91 Å². The highest BCUT2D eigenvalue weighted by Gasteiger charge is 2.38. The Balaban J connectivity index is 1.63. The molecule has 2 amide bonds. The van der Waals surface area contributed by atoms with Crippen molar-refractivity contribution in [3.63, 3.8) is 0 Å². The number of nitro benzene ring substituents is 1. The molecule has 1 atom stereocenters. The molecule has 32 heavy (non-hydrogen) atoms. The molecule has 1 N–H and O–H groups in total. The van der Waals surface area contributed by atoms with Crippen LogP contribution in [-0.2, 0) is 22.4 Å². The molecule has 0 saturated heterocycles. The van der Waals surface area contributed by atoms with Crippen LogP contribution >= 0.6 is 11.3 Å². The maximum Gasteiger partial charge on any atom is 0.271 e. The van der Waals surface area contributed by atoms with Gasteiger partial charge in [-0.15, -0.1) is 11.3 Å². The Kier molecular flexibility index (Phi) is 5.84. The SMILES string of the molecule is CC(C)C1Oc2ccc([N+](=O)[O-])cc2N(CC(=O)Nc2sc3c(c2C#N)CCCC3)C1=O. The molecule has 0 saturated carbocycles. The number of fused-ring (bicyclic) bond motifs is 2. The van der Waals surface area contributed by atoms with E-state index in [1.54, 1.807) is 0 Å². The van der Waals surface area contributed by atoms with Crippen molar-refractivity contribution < 1.29 is 19.2 Å². The summed E-state index contributed by atoms with van der Waals surface area (Å²) >= 11 is 1.40. The summed E-state index contributed by atoms with van der Waals surface area (Å²) in [5, 5.41) is 24.1. The van der Waals surface area contributed by atoms with Gasteiger partial charge in [-0.1, -0.05) is 13.8 Å². The molecule has 0 radical (unpaired) electrons. The van der Waals surface area contributed by atoms with Crippen LogP contribution in [0.15, 0.2) is 18.2 Å². The molecule has 0 bridgehead atoms. The van der Waals surface area contributed by atoms with E-state index < -0.39 is 22.8 Å². The van der Waals surface area contributed by atoms with E-state index in [9.17, 15) is 25.0 Å². The second-order valence-electron chi connectivity index (χ2n) is 8.19. The fourth-order valence-electron chi connectivity index (χ4n) is 4.06. The lowest BCUT2D eigenvalue weighted by Gasteiger charge is -2.35. The molecule has 4 rings (SSSR count). The molecule has 1 aliphatic heterocycles. The maximum atomic E-state index is 13.1. The van der Waals surface area contributed by atoms with E-state index in [0.29, 0.717) is 16.3 Å². The first kappa shape index (κ1) is 21.8. The molecule has 0 fully saturated rings. The summed E-state index contributed by atoms with van der Waals surface area (Å²) < 4.78 is 5.78. The first-order chi connectivity index (χ1) is 15.3. The monoisotopic (exact) mass is 454 g/mol. The van der Waals surface area contributed by atoms with Crippen LogP contribution in [0.25, 0.3) is 0 Å². The standard InChI is InChI=1S/C22H22N4O5S/c1-12(2)20-22(28)25(16-9-13(26(29)30)7-8-17(16)31-20)11-19(27)24-21-15(10-23)14-5-3-4-6-18(14)32-21/h7-9,12,20H,3-6,11H2,1-2H3,(H,24,27). The lowest BCUT2D eigenvalue weighted by molar-refractivity contribution is -0.384. The van der Waals surface area contributed by atoms with Gasteiger partial charge in [-0.25, -0.2) is 0 Å². The average molecular weight is 455 g/mol. The summed E-state index contributed by atoms with van der Waals surface area (Å²) in [6.07, 6.45) is 2.97. The number of aryl methyl sites for hydroxylation is 1. The number of benzene rings is 1. The summed E-state index contributed by atoms with van der Waals surface area (Å²) in [6.45, 7) is 3.31. The maximum absolute atomic E-state index is 13.1. The summed E-state index contributed by atoms with van der Waals surface area (Å²) in [6, 6.07) is 6.19. The predicted molar refractivity (Wildman–Crippen MR) is 119 cm³/mol. The molecule has 166 valence electrons. The normalized spacial score (nSPS) is 17.2. The van der Waals surface area contributed by atoms with Gasteiger partial charge in [-0.3, -0.25) is 24.6 Å². The van der Waals surface area contributed by atoms with Crippen molar-refractivity contribution in [1.29, 1.82) is 5.26 Å². The highest BCUT2D eigenvalue weighted by atomic mass is 32.1. The molecular formula is C22H22N4O5S. The van der Waals surface area contributed by atoms with E-state index in [0.717, 1.165) is 36.1 Å². The van der Waals surface area contributed by atoms with Crippen LogP contribution in [0.3, 0.4) is 0 Å². The Morgan fingerprint density at radius 2 is 2.16 bits per heavy atom. The molecule has 1 aliphatic carbocycles. The van der Waals surface area contributed by atoms with Gasteiger partial charge in [-0.2, -0.15) is 5.26 Å². The van der Waals surface area contributed by atoms with E-state index in [1.165, 1.54) is 34.4 Å². The van der Waals surface area contributed by atoms with Crippen molar-refractivity contribution >= 4 is 39.5 Å². The van der Waals surface area contributed by atoms with Crippen LogP contribution in [0.4, 0.5) is 16.4 Å². The Morgan fingerprint density at radius 3 is 2.84 bits per heavy atom. The van der Waals surface area contributed by atoms with Gasteiger partial charge >= 0.3 is 0 Å². The van der Waals surface area contributed by atoms with E-state index in [4.69, 9.17) is 4.74 Å². The molecule has 2 heterocycles. The molecule has 0 spiro atoms. The molecule has 1 unspecified atom stereocenters. The first-order valence-electron chi connectivity index (χ1n) is 10.4. The summed E-state index contributed by atoms with van der Waals surface area (Å²) in [4.78, 5) is 39.0. The van der Waals surface area contributed by atoms with Crippen LogP contribution in [0.1, 0.15) is 42.7 Å². The Labute approximate surface area is 188 Å². The zero-order valence-corrected chi connectivity index (χ0v) is 18.5. The van der Waals surface area contributed by atoms with Crippen molar-refractivity contribution in [2.24, 2.45) is 5.92 Å². The zero-order chi connectivity index (χ0) is 23.0. The van der Waals surface area contributed by atoms with Crippen molar-refractivity contribution in [2.45, 2.75) is 45.6 Å². The quantitative estimate of drug-likeness (QED) is 0.541. The molecule has 10 heteroatoms. The molecule has 1 aromatic carbocycles. The molecule has 9 nitrogen and oxygen atoms in total. The third kappa shape index (κ3) is 3.91. The summed E-state index contributed by atoms with van der Waals surface area (Å²) in [5.74, 6) is -0.763. The van der Waals surface area contributed by atoms with Crippen molar-refractivity contribution in [2.75, 3.05) is 16.8 Å². The number of anilines is 2. The topological polar surface area (TPSA) is 126 Å². The van der Waals surface area contributed by atoms with E-state index in [-0.39, 0.29) is 23.8 Å². The minimum atomic E-state index is -0.805. The van der Waals surface area contributed by atoms with Crippen LogP contribution in [0.5, 0.6) is 5.75 Å². The number of ether oxygens (including phenoxy) is 1. The second kappa shape index (κ2) is 8.59. The van der Waals surface area contributed by atoms with Gasteiger partial charge in [-0.05, 0) is 43.2 Å². The number of hydrogen-bond donors (Lipinski definition) is 1. The fraction of sp³-hybridized carbons (Fsp3) is 0.409. The summed E-state index contributed by atoms with van der Waals surface area (Å²) in [5.41, 5.74) is 1.47. The minimum Gasteiger partial charge on any atom is -0.478 e. The van der Waals surface area contributed by atoms with Crippen LogP contribution in [0.2, 0.25) is 0 Å². The predicted octanol–water partition coefficient (Wildman–Crippen LogP) is 3.80. The molecule has 1 aromatic heterocycles. The lowest BCUT2D eigenvalue weighted by Crippen LogP contribution is -2.50. The highest BCUT2D eigenvalue weighted by molar-refractivity contribution is 7.16. The summed E-state index contributed by atoms with van der Waals surface area (Å²) in [7, 11) is 0. The molecular weight excluding hydrogens is 432 g/mol. The Bertz CT molecular complexity index is 1150. The van der Waals surface area contributed by atoms with E-state index in [1.807, 2.05) is 13.8 Å². The number of hydrogen-bond acceptors (Lipinski definition) is 7. The van der Waals surface area contributed by atoms with Crippen molar-refractivity contribution in [3.05, 3.63) is 44.3 Å². The number of nitrogens with one attached hydrogen (secondary N) is 1. The minimum absolute atomic E-state index is 0.161. The Morgan fingerprint density at radius 1 is 1.41 bits per heavy atom. The Hall–Kier alpha value is -3.45. The number of nitrogens with zero attached hydrogens (tertiary/aromatic N) is 3. The highest BCUT2D eigenvalue weighted by Crippen LogP contribution is 2.39. The second-order valence-corrected chi connectivity index (χ2v) is 9.30. The van der Waals surface area contributed by atoms with Gasteiger partial charge in [0.25, 0.3) is 11.6 Å². The van der Waals surface area contributed by atoms with Crippen molar-refractivity contribution in [3.8, 4) is 11.8 Å². The third-order valence-corrected chi connectivity index (χ3v) is 6.86. The average Bonchev–Trinajstić information content (AvgIpc) is 3.11.